The normalized spacial score (nSPS) is 11.1. The van der Waals surface area contributed by atoms with Gasteiger partial charge in [0, 0.05) is 22.8 Å². The molecule has 0 aliphatic carbocycles. The van der Waals surface area contributed by atoms with E-state index < -0.39 is 0 Å². The van der Waals surface area contributed by atoms with E-state index in [1.165, 1.54) is 11.8 Å². The summed E-state index contributed by atoms with van der Waals surface area (Å²) in [6.45, 7) is 1.98. The van der Waals surface area contributed by atoms with Crippen LogP contribution >= 0.6 is 23.1 Å². The summed E-state index contributed by atoms with van der Waals surface area (Å²) in [6, 6.07) is 7.75. The molecule has 0 saturated heterocycles. The molecular weight excluding hydrogens is 240 g/mol. The molecule has 0 spiro atoms. The molecule has 0 radical (unpaired) electrons. The number of para-hydroxylation sites is 2. The van der Waals surface area contributed by atoms with E-state index in [0.29, 0.717) is 5.22 Å². The molecule has 0 unspecified atom stereocenters. The Balaban J connectivity index is 1.95. The molecule has 80 valence electrons. The van der Waals surface area contributed by atoms with E-state index >= 15 is 0 Å². The van der Waals surface area contributed by atoms with Gasteiger partial charge in [-0.3, -0.25) is 0 Å². The Kier molecular flexibility index (Phi) is 2.41. The minimum Gasteiger partial charge on any atom is -0.431 e. The molecule has 3 aromatic rings. The van der Waals surface area contributed by atoms with Gasteiger partial charge in [0.25, 0.3) is 5.22 Å². The Bertz CT molecular complexity index is 596. The maximum absolute atomic E-state index is 5.60. The van der Waals surface area contributed by atoms with Gasteiger partial charge < -0.3 is 4.42 Å². The van der Waals surface area contributed by atoms with Crippen LogP contribution in [0.15, 0.2) is 43.6 Å². The van der Waals surface area contributed by atoms with Crippen molar-refractivity contribution in [2.75, 3.05) is 0 Å². The molecule has 1 aromatic carbocycles. The SMILES string of the molecule is Cc1csc(Sc2nc3ccccc3o2)n1. The molecule has 16 heavy (non-hydrogen) atoms. The van der Waals surface area contributed by atoms with Crippen LogP contribution in [0.5, 0.6) is 0 Å². The third-order valence-electron chi connectivity index (χ3n) is 2.05. The molecule has 0 bridgehead atoms. The van der Waals surface area contributed by atoms with Gasteiger partial charge in [-0.05, 0) is 19.1 Å². The average Bonchev–Trinajstić information content (AvgIpc) is 2.84. The number of hydrogen-bond acceptors (Lipinski definition) is 5. The minimum absolute atomic E-state index is 0.649. The lowest BCUT2D eigenvalue weighted by Gasteiger charge is -1.87. The van der Waals surface area contributed by atoms with Crippen molar-refractivity contribution >= 4 is 34.2 Å². The number of oxazole rings is 1. The van der Waals surface area contributed by atoms with Crippen LogP contribution in [0.1, 0.15) is 5.69 Å². The van der Waals surface area contributed by atoms with Crippen LogP contribution in [0.25, 0.3) is 11.1 Å². The summed E-state index contributed by atoms with van der Waals surface area (Å²) in [4.78, 5) is 8.74. The first kappa shape index (κ1) is 9.86. The topological polar surface area (TPSA) is 38.9 Å². The quantitative estimate of drug-likeness (QED) is 0.692. The third-order valence-corrected chi connectivity index (χ3v) is 3.95. The highest BCUT2D eigenvalue weighted by atomic mass is 32.2. The third kappa shape index (κ3) is 1.83. The highest BCUT2D eigenvalue weighted by molar-refractivity contribution is 8.00. The van der Waals surface area contributed by atoms with Crippen LogP contribution < -0.4 is 0 Å². The number of thiazole rings is 1. The standard InChI is InChI=1S/C11H8N2OS2/c1-7-6-15-11(12-7)16-10-13-8-4-2-3-5-9(8)14-10/h2-6H,1H3. The van der Waals surface area contributed by atoms with Crippen LogP contribution in [0.4, 0.5) is 0 Å². The predicted octanol–water partition coefficient (Wildman–Crippen LogP) is 3.74. The molecular formula is C11H8N2OS2. The van der Waals surface area contributed by atoms with Crippen molar-refractivity contribution in [3.63, 3.8) is 0 Å². The number of hydrogen-bond donors (Lipinski definition) is 0. The van der Waals surface area contributed by atoms with E-state index in [0.717, 1.165) is 21.1 Å². The molecule has 0 amide bonds. The van der Waals surface area contributed by atoms with Gasteiger partial charge in [0.15, 0.2) is 9.92 Å². The first-order valence-electron chi connectivity index (χ1n) is 4.77. The molecule has 3 nitrogen and oxygen atoms in total. The molecule has 3 rings (SSSR count). The van der Waals surface area contributed by atoms with Crippen LogP contribution in [-0.4, -0.2) is 9.97 Å². The van der Waals surface area contributed by atoms with Gasteiger partial charge in [-0.1, -0.05) is 12.1 Å². The molecule has 0 aliphatic heterocycles. The fraction of sp³-hybridized carbons (Fsp3) is 0.0909. The number of aryl methyl sites for hydroxylation is 1. The van der Waals surface area contributed by atoms with Gasteiger partial charge in [-0.15, -0.1) is 11.3 Å². The maximum Gasteiger partial charge on any atom is 0.263 e. The van der Waals surface area contributed by atoms with E-state index in [1.807, 2.05) is 36.6 Å². The van der Waals surface area contributed by atoms with Crippen LogP contribution in [0.3, 0.4) is 0 Å². The Morgan fingerprint density at radius 1 is 1.25 bits per heavy atom. The van der Waals surface area contributed by atoms with Crippen molar-refractivity contribution in [1.29, 1.82) is 0 Å². The monoisotopic (exact) mass is 248 g/mol. The molecule has 5 heteroatoms. The molecule has 2 heterocycles. The van der Waals surface area contributed by atoms with Gasteiger partial charge in [0.1, 0.15) is 5.52 Å². The van der Waals surface area contributed by atoms with E-state index in [2.05, 4.69) is 9.97 Å². The van der Waals surface area contributed by atoms with Gasteiger partial charge in [0.2, 0.25) is 0 Å². The zero-order valence-corrected chi connectivity index (χ0v) is 10.1. The first-order chi connectivity index (χ1) is 7.81. The summed E-state index contributed by atoms with van der Waals surface area (Å²) in [5, 5.41) is 2.67. The van der Waals surface area contributed by atoms with Crippen molar-refractivity contribution in [2.45, 2.75) is 16.5 Å². The van der Waals surface area contributed by atoms with Crippen molar-refractivity contribution in [3.05, 3.63) is 35.3 Å². The second kappa shape index (κ2) is 3.92. The molecule has 0 aliphatic rings. The predicted molar refractivity (Wildman–Crippen MR) is 65.0 cm³/mol. The van der Waals surface area contributed by atoms with Gasteiger partial charge >= 0.3 is 0 Å². The van der Waals surface area contributed by atoms with Crippen molar-refractivity contribution in [3.8, 4) is 0 Å². The summed E-state index contributed by atoms with van der Waals surface area (Å²) in [6.07, 6.45) is 0. The Hall–Kier alpha value is -1.33. The summed E-state index contributed by atoms with van der Waals surface area (Å²) in [5.41, 5.74) is 2.74. The van der Waals surface area contributed by atoms with Gasteiger partial charge in [0.05, 0.1) is 0 Å². The second-order valence-corrected chi connectivity index (χ2v) is 5.36. The first-order valence-corrected chi connectivity index (χ1v) is 6.46. The number of nitrogens with zero attached hydrogens (tertiary/aromatic N) is 2. The lowest BCUT2D eigenvalue weighted by atomic mass is 10.3. The average molecular weight is 248 g/mol. The van der Waals surface area contributed by atoms with Crippen molar-refractivity contribution in [2.24, 2.45) is 0 Å². The van der Waals surface area contributed by atoms with E-state index in [9.17, 15) is 0 Å². The zero-order valence-electron chi connectivity index (χ0n) is 8.51. The van der Waals surface area contributed by atoms with Gasteiger partial charge in [-0.2, -0.15) is 0 Å². The summed E-state index contributed by atoms with van der Waals surface area (Å²) >= 11 is 3.07. The highest BCUT2D eigenvalue weighted by Crippen LogP contribution is 2.31. The molecule has 2 aromatic heterocycles. The van der Waals surface area contributed by atoms with Crippen molar-refractivity contribution in [1.82, 2.24) is 9.97 Å². The summed E-state index contributed by atoms with van der Waals surface area (Å²) < 4.78 is 6.56. The van der Waals surface area contributed by atoms with Crippen LogP contribution in [-0.2, 0) is 0 Å². The highest BCUT2D eigenvalue weighted by Gasteiger charge is 2.08. The summed E-state index contributed by atoms with van der Waals surface area (Å²) in [5.74, 6) is 0. The number of aromatic nitrogens is 2. The summed E-state index contributed by atoms with van der Waals surface area (Å²) in [7, 11) is 0. The van der Waals surface area contributed by atoms with E-state index in [1.54, 1.807) is 11.3 Å². The largest absolute Gasteiger partial charge is 0.431 e. The lowest BCUT2D eigenvalue weighted by Crippen LogP contribution is -1.72. The second-order valence-electron chi connectivity index (χ2n) is 3.30. The van der Waals surface area contributed by atoms with Crippen LogP contribution in [0.2, 0.25) is 0 Å². The van der Waals surface area contributed by atoms with E-state index in [4.69, 9.17) is 4.42 Å². The Labute approximate surface area is 101 Å². The number of rotatable bonds is 2. The molecule has 0 saturated carbocycles. The lowest BCUT2D eigenvalue weighted by molar-refractivity contribution is 0.489. The molecule has 0 fully saturated rings. The smallest absolute Gasteiger partial charge is 0.263 e. The van der Waals surface area contributed by atoms with Crippen molar-refractivity contribution < 1.29 is 4.42 Å². The molecule has 0 N–H and O–H groups in total. The van der Waals surface area contributed by atoms with Crippen LogP contribution in [0, 0.1) is 6.92 Å². The zero-order chi connectivity index (χ0) is 11.0. The fourth-order valence-corrected chi connectivity index (χ4v) is 3.03. The Morgan fingerprint density at radius 3 is 2.88 bits per heavy atom. The number of benzene rings is 1. The number of fused-ring (bicyclic) bond motifs is 1. The maximum atomic E-state index is 5.60. The van der Waals surface area contributed by atoms with Gasteiger partial charge in [-0.25, -0.2) is 9.97 Å². The minimum atomic E-state index is 0.649. The fourth-order valence-electron chi connectivity index (χ4n) is 1.35. The molecule has 0 atom stereocenters. The Morgan fingerprint density at radius 2 is 2.12 bits per heavy atom. The van der Waals surface area contributed by atoms with E-state index in [-0.39, 0.29) is 0 Å².